The highest BCUT2D eigenvalue weighted by atomic mass is 35.5. The molecule has 1 aliphatic heterocycles. The molecular formula is C15H14ClN3O. The van der Waals surface area contributed by atoms with Crippen LogP contribution in [0.5, 0.6) is 0 Å². The molecular weight excluding hydrogens is 274 g/mol. The number of hydrogen-bond acceptors (Lipinski definition) is 3. The van der Waals surface area contributed by atoms with E-state index >= 15 is 0 Å². The largest absolute Gasteiger partial charge is 0.333 e. The number of carbonyl (C=O) groups is 1. The Kier molecular flexibility index (Phi) is 3.65. The van der Waals surface area contributed by atoms with E-state index in [2.05, 4.69) is 22.3 Å². The first kappa shape index (κ1) is 13.1. The van der Waals surface area contributed by atoms with Crippen LogP contribution in [0, 0.1) is 0 Å². The number of hydrogen-bond donors (Lipinski definition) is 0. The van der Waals surface area contributed by atoms with E-state index in [1.165, 1.54) is 11.1 Å². The topological polar surface area (TPSA) is 46.1 Å². The van der Waals surface area contributed by atoms with Gasteiger partial charge in [-0.15, -0.1) is 10.2 Å². The standard InChI is InChI=1S/C15H14ClN3O/c16-14-8-7-13(17-18-14)15(20)19-9-3-6-11-4-1-2-5-12(11)10-19/h1-2,4-5,7-8H,3,6,9-10H2. The SMILES string of the molecule is O=C(c1ccc(Cl)nn1)N1CCCc2ccccc2C1. The third kappa shape index (κ3) is 2.65. The van der Waals surface area contributed by atoms with E-state index in [0.29, 0.717) is 17.4 Å². The lowest BCUT2D eigenvalue weighted by Crippen LogP contribution is -2.31. The minimum absolute atomic E-state index is 0.0918. The summed E-state index contributed by atoms with van der Waals surface area (Å²) in [6.45, 7) is 1.36. The number of aryl methyl sites for hydroxylation is 1. The van der Waals surface area contributed by atoms with Crippen molar-refractivity contribution in [3.8, 4) is 0 Å². The summed E-state index contributed by atoms with van der Waals surface area (Å²) in [6, 6.07) is 11.5. The zero-order valence-corrected chi connectivity index (χ0v) is 11.7. The second-order valence-electron chi connectivity index (χ2n) is 4.84. The van der Waals surface area contributed by atoms with E-state index in [-0.39, 0.29) is 5.91 Å². The molecule has 2 heterocycles. The molecule has 0 atom stereocenters. The third-order valence-corrected chi connectivity index (χ3v) is 3.69. The quantitative estimate of drug-likeness (QED) is 0.810. The van der Waals surface area contributed by atoms with Crippen LogP contribution in [0.4, 0.5) is 0 Å². The van der Waals surface area contributed by atoms with Crippen molar-refractivity contribution in [3.05, 3.63) is 58.4 Å². The van der Waals surface area contributed by atoms with Crippen LogP contribution in [-0.4, -0.2) is 27.5 Å². The van der Waals surface area contributed by atoms with Gasteiger partial charge in [-0.2, -0.15) is 0 Å². The Balaban J connectivity index is 1.84. The lowest BCUT2D eigenvalue weighted by atomic mass is 10.0. The van der Waals surface area contributed by atoms with Gasteiger partial charge in [0, 0.05) is 13.1 Å². The van der Waals surface area contributed by atoms with Gasteiger partial charge in [0.2, 0.25) is 0 Å². The molecule has 0 aliphatic carbocycles. The summed E-state index contributed by atoms with van der Waals surface area (Å²) in [5, 5.41) is 7.89. The molecule has 0 spiro atoms. The molecule has 4 nitrogen and oxygen atoms in total. The Morgan fingerprint density at radius 2 is 1.90 bits per heavy atom. The van der Waals surface area contributed by atoms with E-state index in [4.69, 9.17) is 11.6 Å². The highest BCUT2D eigenvalue weighted by molar-refractivity contribution is 6.29. The van der Waals surface area contributed by atoms with Crippen molar-refractivity contribution in [1.29, 1.82) is 0 Å². The lowest BCUT2D eigenvalue weighted by molar-refractivity contribution is 0.0738. The summed E-state index contributed by atoms with van der Waals surface area (Å²) in [5.41, 5.74) is 2.87. The van der Waals surface area contributed by atoms with E-state index in [1.54, 1.807) is 12.1 Å². The van der Waals surface area contributed by atoms with Crippen LogP contribution >= 0.6 is 11.6 Å². The van der Waals surface area contributed by atoms with E-state index in [9.17, 15) is 4.79 Å². The van der Waals surface area contributed by atoms with Gasteiger partial charge in [-0.25, -0.2) is 0 Å². The van der Waals surface area contributed by atoms with Gasteiger partial charge in [0.25, 0.3) is 5.91 Å². The molecule has 0 unspecified atom stereocenters. The van der Waals surface area contributed by atoms with Crippen LogP contribution in [0.2, 0.25) is 5.15 Å². The monoisotopic (exact) mass is 287 g/mol. The number of rotatable bonds is 1. The van der Waals surface area contributed by atoms with Crippen molar-refractivity contribution in [2.45, 2.75) is 19.4 Å². The normalized spacial score (nSPS) is 14.6. The highest BCUT2D eigenvalue weighted by Gasteiger charge is 2.21. The molecule has 5 heteroatoms. The molecule has 1 amide bonds. The van der Waals surface area contributed by atoms with Crippen LogP contribution in [-0.2, 0) is 13.0 Å². The van der Waals surface area contributed by atoms with E-state index in [0.717, 1.165) is 19.4 Å². The lowest BCUT2D eigenvalue weighted by Gasteiger charge is -2.20. The molecule has 2 aromatic rings. The van der Waals surface area contributed by atoms with Crippen LogP contribution in [0.15, 0.2) is 36.4 Å². The van der Waals surface area contributed by atoms with Crippen molar-refractivity contribution in [2.24, 2.45) is 0 Å². The zero-order valence-electron chi connectivity index (χ0n) is 10.9. The third-order valence-electron chi connectivity index (χ3n) is 3.49. The fourth-order valence-corrected chi connectivity index (χ4v) is 2.57. The van der Waals surface area contributed by atoms with Gasteiger partial charge in [-0.1, -0.05) is 35.9 Å². The van der Waals surface area contributed by atoms with Crippen LogP contribution < -0.4 is 0 Å². The molecule has 20 heavy (non-hydrogen) atoms. The van der Waals surface area contributed by atoms with Crippen molar-refractivity contribution in [2.75, 3.05) is 6.54 Å². The number of halogens is 1. The average Bonchev–Trinajstić information content (AvgIpc) is 2.69. The first-order chi connectivity index (χ1) is 9.74. The fourth-order valence-electron chi connectivity index (χ4n) is 2.47. The van der Waals surface area contributed by atoms with Gasteiger partial charge < -0.3 is 4.90 Å². The van der Waals surface area contributed by atoms with Gasteiger partial charge in [-0.3, -0.25) is 4.79 Å². The van der Waals surface area contributed by atoms with Crippen LogP contribution in [0.3, 0.4) is 0 Å². The molecule has 0 saturated heterocycles. The fraction of sp³-hybridized carbons (Fsp3) is 0.267. The summed E-state index contributed by atoms with van der Waals surface area (Å²) in [7, 11) is 0. The average molecular weight is 288 g/mol. The van der Waals surface area contributed by atoms with Crippen molar-refractivity contribution < 1.29 is 4.79 Å². The summed E-state index contributed by atoms with van der Waals surface area (Å²) >= 11 is 5.70. The maximum Gasteiger partial charge on any atom is 0.274 e. The predicted octanol–water partition coefficient (Wildman–Crippen LogP) is 2.72. The molecule has 1 aromatic heterocycles. The minimum atomic E-state index is -0.0918. The molecule has 0 radical (unpaired) electrons. The summed E-state index contributed by atoms with van der Waals surface area (Å²) < 4.78 is 0. The first-order valence-electron chi connectivity index (χ1n) is 6.59. The van der Waals surface area contributed by atoms with Gasteiger partial charge in [0.15, 0.2) is 10.8 Å². The van der Waals surface area contributed by atoms with Gasteiger partial charge >= 0.3 is 0 Å². The Hall–Kier alpha value is -1.94. The van der Waals surface area contributed by atoms with Crippen molar-refractivity contribution in [3.63, 3.8) is 0 Å². The molecule has 1 aromatic carbocycles. The number of aromatic nitrogens is 2. The summed E-state index contributed by atoms with van der Waals surface area (Å²) in [6.07, 6.45) is 1.97. The zero-order chi connectivity index (χ0) is 13.9. The predicted molar refractivity (Wildman–Crippen MR) is 76.5 cm³/mol. The molecule has 102 valence electrons. The summed E-state index contributed by atoms with van der Waals surface area (Å²) in [4.78, 5) is 14.3. The Bertz CT molecular complexity index is 627. The second kappa shape index (κ2) is 5.59. The molecule has 3 rings (SSSR count). The number of benzene rings is 1. The van der Waals surface area contributed by atoms with Crippen LogP contribution in [0.1, 0.15) is 28.0 Å². The highest BCUT2D eigenvalue weighted by Crippen LogP contribution is 2.19. The van der Waals surface area contributed by atoms with Crippen molar-refractivity contribution in [1.82, 2.24) is 15.1 Å². The minimum Gasteiger partial charge on any atom is -0.333 e. The molecule has 0 bridgehead atoms. The molecule has 0 fully saturated rings. The Morgan fingerprint density at radius 3 is 2.65 bits per heavy atom. The first-order valence-corrected chi connectivity index (χ1v) is 6.97. The Morgan fingerprint density at radius 1 is 1.10 bits per heavy atom. The second-order valence-corrected chi connectivity index (χ2v) is 5.23. The Labute approximate surface area is 122 Å². The molecule has 0 saturated carbocycles. The number of nitrogens with zero attached hydrogens (tertiary/aromatic N) is 3. The van der Waals surface area contributed by atoms with Gasteiger partial charge in [-0.05, 0) is 36.1 Å². The van der Waals surface area contributed by atoms with Gasteiger partial charge in [0.1, 0.15) is 0 Å². The van der Waals surface area contributed by atoms with Gasteiger partial charge in [0.05, 0.1) is 0 Å². The maximum absolute atomic E-state index is 12.5. The number of fused-ring (bicyclic) bond motifs is 1. The van der Waals surface area contributed by atoms with Crippen LogP contribution in [0.25, 0.3) is 0 Å². The number of amides is 1. The number of carbonyl (C=O) groups excluding carboxylic acids is 1. The van der Waals surface area contributed by atoms with E-state index in [1.807, 2.05) is 17.0 Å². The summed E-state index contributed by atoms with van der Waals surface area (Å²) in [5.74, 6) is -0.0918. The molecule has 0 N–H and O–H groups in total. The smallest absolute Gasteiger partial charge is 0.274 e. The molecule has 1 aliphatic rings. The maximum atomic E-state index is 12.5. The van der Waals surface area contributed by atoms with E-state index < -0.39 is 0 Å². The van der Waals surface area contributed by atoms with Crippen molar-refractivity contribution >= 4 is 17.5 Å².